The van der Waals surface area contributed by atoms with E-state index in [4.69, 9.17) is 28.4 Å². The van der Waals surface area contributed by atoms with Crippen LogP contribution in [-0.4, -0.2) is 59.4 Å². The number of carbonyl (C=O) groups excluding carboxylic acids is 1. The van der Waals surface area contributed by atoms with Gasteiger partial charge in [0.2, 0.25) is 17.3 Å². The van der Waals surface area contributed by atoms with E-state index in [9.17, 15) is 10.0 Å². The molecule has 0 heterocycles. The summed E-state index contributed by atoms with van der Waals surface area (Å²) in [5.41, 5.74) is 0.737. The number of nitrogens with zero attached hydrogens (tertiary/aromatic N) is 1. The van der Waals surface area contributed by atoms with E-state index in [2.05, 4.69) is 5.16 Å². The maximum atomic E-state index is 13.0. The van der Waals surface area contributed by atoms with Crippen molar-refractivity contribution in [2.75, 3.05) is 42.7 Å². The summed E-state index contributed by atoms with van der Waals surface area (Å²) in [7, 11) is 8.83. The third-order valence-electron chi connectivity index (χ3n) is 4.41. The van der Waals surface area contributed by atoms with Crippen LogP contribution in [0.25, 0.3) is 0 Å². The van der Waals surface area contributed by atoms with E-state index in [0.717, 1.165) is 0 Å². The van der Waals surface area contributed by atoms with Crippen molar-refractivity contribution in [2.45, 2.75) is 6.42 Å². The lowest BCUT2D eigenvalue weighted by Crippen LogP contribution is -2.18. The van der Waals surface area contributed by atoms with Crippen molar-refractivity contribution >= 4 is 11.5 Å². The van der Waals surface area contributed by atoms with Gasteiger partial charge in [-0.2, -0.15) is 0 Å². The summed E-state index contributed by atoms with van der Waals surface area (Å²) >= 11 is 0. The number of benzene rings is 2. The van der Waals surface area contributed by atoms with Crippen molar-refractivity contribution in [2.24, 2.45) is 5.16 Å². The minimum absolute atomic E-state index is 0.0166. The zero-order valence-electron chi connectivity index (χ0n) is 17.8. The van der Waals surface area contributed by atoms with Crippen molar-refractivity contribution in [1.29, 1.82) is 0 Å². The lowest BCUT2D eigenvalue weighted by atomic mass is 9.99. The van der Waals surface area contributed by atoms with Gasteiger partial charge in [-0.05, 0) is 29.8 Å². The lowest BCUT2D eigenvalue weighted by molar-refractivity contribution is 0.105. The van der Waals surface area contributed by atoms with E-state index >= 15 is 0 Å². The van der Waals surface area contributed by atoms with Crippen LogP contribution in [0.3, 0.4) is 0 Å². The molecule has 0 aliphatic heterocycles. The number of hydrogen-bond donors (Lipinski definition) is 1. The first-order valence-corrected chi connectivity index (χ1v) is 8.82. The number of methoxy groups -OCH3 is 6. The number of ether oxygens (including phenoxy) is 6. The van der Waals surface area contributed by atoms with Gasteiger partial charge in [-0.15, -0.1) is 0 Å². The van der Waals surface area contributed by atoms with Crippen LogP contribution < -0.4 is 28.4 Å². The molecule has 0 bridgehead atoms. The SMILES string of the molecule is COc1cc(CC(=NO)C(=O)c2cc(OC)c(OC)c(OC)c2)cc(OC)c1OC. The number of ketones is 1. The van der Waals surface area contributed by atoms with Gasteiger partial charge in [-0.3, -0.25) is 4.79 Å². The highest BCUT2D eigenvalue weighted by Crippen LogP contribution is 2.40. The van der Waals surface area contributed by atoms with E-state index in [1.165, 1.54) is 54.8 Å². The predicted octanol–water partition coefficient (Wildman–Crippen LogP) is 2.99. The normalized spacial score (nSPS) is 10.9. The standard InChI is InChI=1S/C21H25NO8/c1-25-15-8-12(9-16(26-2)20(15)29-5)7-14(22-24)19(23)13-10-17(27-3)21(30-6)18(11-13)28-4/h8-11,24H,7H2,1-6H3. The maximum absolute atomic E-state index is 13.0. The molecule has 2 rings (SSSR count). The Morgan fingerprint density at radius 3 is 1.47 bits per heavy atom. The molecule has 0 amide bonds. The largest absolute Gasteiger partial charge is 0.493 e. The first kappa shape index (κ1) is 22.7. The second-order valence-corrected chi connectivity index (χ2v) is 6.00. The molecule has 30 heavy (non-hydrogen) atoms. The molecular formula is C21H25NO8. The van der Waals surface area contributed by atoms with Crippen molar-refractivity contribution in [3.63, 3.8) is 0 Å². The number of rotatable bonds is 10. The average molecular weight is 419 g/mol. The fourth-order valence-electron chi connectivity index (χ4n) is 2.97. The van der Waals surface area contributed by atoms with Gasteiger partial charge < -0.3 is 33.6 Å². The Bertz CT molecular complexity index is 889. The monoisotopic (exact) mass is 419 g/mol. The van der Waals surface area contributed by atoms with Gasteiger partial charge in [-0.25, -0.2) is 0 Å². The van der Waals surface area contributed by atoms with Crippen molar-refractivity contribution < 1.29 is 38.4 Å². The highest BCUT2D eigenvalue weighted by molar-refractivity contribution is 6.46. The van der Waals surface area contributed by atoms with Crippen LogP contribution in [0.2, 0.25) is 0 Å². The Morgan fingerprint density at radius 2 is 1.13 bits per heavy atom. The first-order valence-electron chi connectivity index (χ1n) is 8.82. The number of oxime groups is 1. The molecule has 0 atom stereocenters. The topological polar surface area (TPSA) is 105 Å². The molecule has 2 aromatic carbocycles. The molecule has 0 aliphatic carbocycles. The summed E-state index contributed by atoms with van der Waals surface area (Å²) in [5, 5.41) is 12.7. The van der Waals surface area contributed by atoms with E-state index < -0.39 is 5.78 Å². The van der Waals surface area contributed by atoms with Gasteiger partial charge in [0.05, 0.1) is 42.7 Å². The molecule has 0 saturated heterocycles. The molecule has 9 heteroatoms. The number of carbonyl (C=O) groups is 1. The molecule has 0 aromatic heterocycles. The first-order chi connectivity index (χ1) is 14.5. The van der Waals surface area contributed by atoms with Crippen molar-refractivity contribution in [3.8, 4) is 34.5 Å². The molecule has 162 valence electrons. The molecule has 0 fully saturated rings. The van der Waals surface area contributed by atoms with Gasteiger partial charge in [-0.1, -0.05) is 5.16 Å². The molecule has 0 radical (unpaired) electrons. The van der Waals surface area contributed by atoms with E-state index in [0.29, 0.717) is 40.1 Å². The van der Waals surface area contributed by atoms with Crippen LogP contribution in [-0.2, 0) is 6.42 Å². The minimum atomic E-state index is -0.509. The second kappa shape index (κ2) is 10.2. The highest BCUT2D eigenvalue weighted by Gasteiger charge is 2.22. The van der Waals surface area contributed by atoms with E-state index in [-0.39, 0.29) is 17.7 Å². The van der Waals surface area contributed by atoms with Gasteiger partial charge in [0.25, 0.3) is 0 Å². The van der Waals surface area contributed by atoms with Gasteiger partial charge >= 0.3 is 0 Å². The fourth-order valence-corrected chi connectivity index (χ4v) is 2.97. The van der Waals surface area contributed by atoms with Crippen LogP contribution in [0.4, 0.5) is 0 Å². The Hall–Kier alpha value is -3.62. The summed E-state index contributed by atoms with van der Waals surface area (Å²) < 4.78 is 31.8. The van der Waals surface area contributed by atoms with Crippen LogP contribution in [0.1, 0.15) is 15.9 Å². The molecule has 2 aromatic rings. The number of Topliss-reactive ketones (excluding diaryl/α,β-unsaturated/α-hetero) is 1. The molecule has 1 N–H and O–H groups in total. The second-order valence-electron chi connectivity index (χ2n) is 6.00. The third kappa shape index (κ3) is 4.51. The average Bonchev–Trinajstić information content (AvgIpc) is 2.79. The van der Waals surface area contributed by atoms with Crippen LogP contribution in [0.5, 0.6) is 34.5 Å². The predicted molar refractivity (Wildman–Crippen MR) is 109 cm³/mol. The Balaban J connectivity index is 2.43. The Labute approximate surface area is 174 Å². The Morgan fingerprint density at radius 1 is 0.733 bits per heavy atom. The minimum Gasteiger partial charge on any atom is -0.493 e. The van der Waals surface area contributed by atoms with E-state index in [1.54, 1.807) is 12.1 Å². The van der Waals surface area contributed by atoms with Crippen molar-refractivity contribution in [3.05, 3.63) is 35.4 Å². The summed E-state index contributed by atoms with van der Waals surface area (Å²) in [6.07, 6.45) is 0.0166. The fraction of sp³-hybridized carbons (Fsp3) is 0.333. The summed E-state index contributed by atoms with van der Waals surface area (Å²) in [6, 6.07) is 6.33. The van der Waals surface area contributed by atoms with E-state index in [1.807, 2.05) is 0 Å². The quantitative estimate of drug-likeness (QED) is 0.271. The third-order valence-corrected chi connectivity index (χ3v) is 4.41. The van der Waals surface area contributed by atoms with Gasteiger partial charge in [0.1, 0.15) is 5.71 Å². The molecule has 0 saturated carbocycles. The van der Waals surface area contributed by atoms with Gasteiger partial charge in [0.15, 0.2) is 23.0 Å². The molecule has 9 nitrogen and oxygen atoms in total. The molecular weight excluding hydrogens is 394 g/mol. The zero-order valence-corrected chi connectivity index (χ0v) is 17.8. The number of hydrogen-bond acceptors (Lipinski definition) is 9. The van der Waals surface area contributed by atoms with Crippen LogP contribution in [0, 0.1) is 0 Å². The summed E-state index contributed by atoms with van der Waals surface area (Å²) in [4.78, 5) is 13.0. The van der Waals surface area contributed by atoms with Crippen molar-refractivity contribution in [1.82, 2.24) is 0 Å². The van der Waals surface area contributed by atoms with Crippen LogP contribution in [0.15, 0.2) is 29.4 Å². The summed E-state index contributed by atoms with van der Waals surface area (Å²) in [5.74, 6) is 1.72. The molecule has 0 spiro atoms. The molecule has 0 aliphatic rings. The lowest BCUT2D eigenvalue weighted by Gasteiger charge is -2.15. The highest BCUT2D eigenvalue weighted by atomic mass is 16.5. The zero-order chi connectivity index (χ0) is 22.3. The summed E-state index contributed by atoms with van der Waals surface area (Å²) in [6.45, 7) is 0. The molecule has 0 unspecified atom stereocenters. The van der Waals surface area contributed by atoms with Gasteiger partial charge in [0, 0.05) is 12.0 Å². The maximum Gasteiger partial charge on any atom is 0.211 e. The van der Waals surface area contributed by atoms with Crippen LogP contribution >= 0.6 is 0 Å². The Kier molecular flexibility index (Phi) is 7.74. The smallest absolute Gasteiger partial charge is 0.211 e.